The van der Waals surface area contributed by atoms with Gasteiger partial charge in [-0.15, -0.1) is 0 Å². The van der Waals surface area contributed by atoms with Crippen molar-refractivity contribution in [3.05, 3.63) is 0 Å². The van der Waals surface area contributed by atoms with Crippen molar-refractivity contribution in [2.24, 2.45) is 11.8 Å². The second kappa shape index (κ2) is 15.6. The molecule has 0 amide bonds. The van der Waals surface area contributed by atoms with Gasteiger partial charge in [0.25, 0.3) is 0 Å². The van der Waals surface area contributed by atoms with Crippen molar-refractivity contribution < 1.29 is 0 Å². The van der Waals surface area contributed by atoms with Gasteiger partial charge in [-0.1, -0.05) is 59.3 Å². The normalized spacial score (nSPS) is 31.1. The van der Waals surface area contributed by atoms with Crippen molar-refractivity contribution >= 4 is 0 Å². The van der Waals surface area contributed by atoms with Gasteiger partial charge in [0.05, 0.1) is 11.8 Å². The molecule has 0 aromatic carbocycles. The van der Waals surface area contributed by atoms with Gasteiger partial charge in [0.1, 0.15) is 0 Å². The number of nitrogens with one attached hydrogen (secondary N) is 2. The molecule has 4 unspecified atom stereocenters. The SMILES string of the molecule is CCCCC(CCCC(NCCC)NCCC)(N1CCCC2CCCCC21)N1CCCC2CCCCC21. The molecule has 216 valence electrons. The van der Waals surface area contributed by atoms with Crippen LogP contribution in [0.1, 0.15) is 149 Å². The summed E-state index contributed by atoms with van der Waals surface area (Å²) < 4.78 is 0. The zero-order valence-corrected chi connectivity index (χ0v) is 25.3. The molecule has 0 aromatic rings. The second-order valence-corrected chi connectivity index (χ2v) is 13.3. The lowest BCUT2D eigenvalue weighted by atomic mass is 9.73. The maximum atomic E-state index is 3.84. The van der Waals surface area contributed by atoms with Gasteiger partial charge in [0, 0.05) is 25.2 Å². The fourth-order valence-corrected chi connectivity index (χ4v) is 9.11. The maximum absolute atomic E-state index is 3.84. The minimum absolute atomic E-state index is 0.303. The summed E-state index contributed by atoms with van der Waals surface area (Å²) in [5, 5.41) is 7.69. The van der Waals surface area contributed by atoms with E-state index in [-0.39, 0.29) is 0 Å². The largest absolute Gasteiger partial charge is 0.302 e. The first-order valence-corrected chi connectivity index (χ1v) is 17.2. The molecule has 4 aliphatic rings. The molecule has 4 nitrogen and oxygen atoms in total. The Kier molecular flexibility index (Phi) is 12.6. The van der Waals surface area contributed by atoms with Gasteiger partial charge in [-0.3, -0.25) is 9.80 Å². The molecule has 0 radical (unpaired) electrons. The molecule has 0 spiro atoms. The van der Waals surface area contributed by atoms with Gasteiger partial charge in [0.2, 0.25) is 0 Å². The molecule has 2 saturated heterocycles. The van der Waals surface area contributed by atoms with E-state index in [1.807, 2.05) is 0 Å². The number of fused-ring (bicyclic) bond motifs is 2. The Labute approximate surface area is 231 Å². The van der Waals surface area contributed by atoms with E-state index < -0.39 is 0 Å². The molecule has 2 aliphatic carbocycles. The van der Waals surface area contributed by atoms with E-state index in [2.05, 4.69) is 41.2 Å². The van der Waals surface area contributed by atoms with Crippen LogP contribution in [0.4, 0.5) is 0 Å². The highest BCUT2D eigenvalue weighted by Crippen LogP contribution is 2.48. The number of hydrogen-bond donors (Lipinski definition) is 2. The highest BCUT2D eigenvalue weighted by atomic mass is 15.4. The van der Waals surface area contributed by atoms with Gasteiger partial charge < -0.3 is 10.6 Å². The van der Waals surface area contributed by atoms with Gasteiger partial charge >= 0.3 is 0 Å². The number of unbranched alkanes of at least 4 members (excludes halogenated alkanes) is 1. The maximum Gasteiger partial charge on any atom is 0.0742 e. The molecular weight excluding hydrogens is 452 g/mol. The van der Waals surface area contributed by atoms with Crippen LogP contribution in [0.2, 0.25) is 0 Å². The number of rotatable bonds is 15. The second-order valence-electron chi connectivity index (χ2n) is 13.3. The van der Waals surface area contributed by atoms with Crippen LogP contribution < -0.4 is 10.6 Å². The molecule has 4 rings (SSSR count). The van der Waals surface area contributed by atoms with Gasteiger partial charge in [0.15, 0.2) is 0 Å². The highest BCUT2D eigenvalue weighted by molar-refractivity contribution is 5.03. The predicted molar refractivity (Wildman–Crippen MR) is 160 cm³/mol. The van der Waals surface area contributed by atoms with Gasteiger partial charge in [-0.25, -0.2) is 0 Å². The molecule has 0 aromatic heterocycles. The average Bonchev–Trinajstić information content (AvgIpc) is 2.95. The third-order valence-electron chi connectivity index (χ3n) is 10.8. The smallest absolute Gasteiger partial charge is 0.0742 e. The standard InChI is InChI=1S/C33H64N4/c1-4-7-22-33(23-12-21-32(34-24-5-2)35-25-6-3,36-26-13-17-28-15-8-10-19-30(28)36)37-27-14-18-29-16-9-11-20-31(29)37/h28-32,34-35H,4-27H2,1-3H3. The van der Waals surface area contributed by atoms with Crippen LogP contribution in [0.3, 0.4) is 0 Å². The van der Waals surface area contributed by atoms with E-state index in [1.54, 1.807) is 0 Å². The van der Waals surface area contributed by atoms with Crippen molar-refractivity contribution in [3.63, 3.8) is 0 Å². The molecule has 4 fully saturated rings. The van der Waals surface area contributed by atoms with Crippen LogP contribution in [0.25, 0.3) is 0 Å². The average molecular weight is 517 g/mol. The van der Waals surface area contributed by atoms with E-state index in [0.717, 1.165) is 37.0 Å². The predicted octanol–water partition coefficient (Wildman–Crippen LogP) is 7.68. The summed E-state index contributed by atoms with van der Waals surface area (Å²) >= 11 is 0. The topological polar surface area (TPSA) is 30.5 Å². The minimum atomic E-state index is 0.303. The third kappa shape index (κ3) is 7.53. The molecule has 4 heteroatoms. The van der Waals surface area contributed by atoms with Crippen molar-refractivity contribution in [3.8, 4) is 0 Å². The van der Waals surface area contributed by atoms with Crippen molar-refractivity contribution in [2.75, 3.05) is 26.2 Å². The van der Waals surface area contributed by atoms with E-state index >= 15 is 0 Å². The number of likely N-dealkylation sites (tertiary alicyclic amines) is 2. The first-order chi connectivity index (χ1) is 18.2. The minimum Gasteiger partial charge on any atom is -0.302 e. The summed E-state index contributed by atoms with van der Waals surface area (Å²) in [4.78, 5) is 6.42. The number of hydrogen-bond acceptors (Lipinski definition) is 4. The molecule has 2 N–H and O–H groups in total. The summed E-state index contributed by atoms with van der Waals surface area (Å²) in [5.41, 5.74) is 0.303. The van der Waals surface area contributed by atoms with Crippen LogP contribution in [0, 0.1) is 11.8 Å². The first kappa shape index (κ1) is 29.8. The summed E-state index contributed by atoms with van der Waals surface area (Å²) in [7, 11) is 0. The Hall–Kier alpha value is -0.160. The number of piperidine rings is 2. The van der Waals surface area contributed by atoms with E-state index in [0.29, 0.717) is 11.8 Å². The summed E-state index contributed by atoms with van der Waals surface area (Å²) in [5.74, 6) is 1.95. The zero-order valence-electron chi connectivity index (χ0n) is 25.3. The molecule has 2 heterocycles. The van der Waals surface area contributed by atoms with Crippen LogP contribution in [0.15, 0.2) is 0 Å². The quantitative estimate of drug-likeness (QED) is 0.219. The first-order valence-electron chi connectivity index (χ1n) is 17.2. The summed E-state index contributed by atoms with van der Waals surface area (Å²) in [6.45, 7) is 12.0. The number of nitrogens with zero attached hydrogens (tertiary/aromatic N) is 2. The van der Waals surface area contributed by atoms with Gasteiger partial charge in [-0.05, 0) is 115 Å². The molecular formula is C33H64N4. The fourth-order valence-electron chi connectivity index (χ4n) is 9.11. The van der Waals surface area contributed by atoms with E-state index in [4.69, 9.17) is 0 Å². The highest BCUT2D eigenvalue weighted by Gasteiger charge is 2.51. The van der Waals surface area contributed by atoms with E-state index in [9.17, 15) is 0 Å². The third-order valence-corrected chi connectivity index (χ3v) is 10.8. The molecule has 4 atom stereocenters. The van der Waals surface area contributed by atoms with Gasteiger partial charge in [-0.2, -0.15) is 0 Å². The van der Waals surface area contributed by atoms with Crippen LogP contribution in [-0.4, -0.2) is 59.9 Å². The molecule has 2 aliphatic heterocycles. The molecule has 37 heavy (non-hydrogen) atoms. The summed E-state index contributed by atoms with van der Waals surface area (Å²) in [6, 6.07) is 1.71. The van der Waals surface area contributed by atoms with Crippen LogP contribution in [0.5, 0.6) is 0 Å². The van der Waals surface area contributed by atoms with Crippen molar-refractivity contribution in [1.82, 2.24) is 20.4 Å². The van der Waals surface area contributed by atoms with Crippen LogP contribution in [-0.2, 0) is 0 Å². The summed E-state index contributed by atoms with van der Waals surface area (Å²) in [6.07, 6.45) is 28.8. The van der Waals surface area contributed by atoms with Crippen molar-refractivity contribution in [1.29, 1.82) is 0 Å². The molecule has 0 bridgehead atoms. The lowest BCUT2D eigenvalue weighted by Gasteiger charge is -2.62. The Morgan fingerprint density at radius 3 is 1.62 bits per heavy atom. The lowest BCUT2D eigenvalue weighted by molar-refractivity contribution is -0.163. The zero-order chi connectivity index (χ0) is 25.9. The Morgan fingerprint density at radius 2 is 1.11 bits per heavy atom. The van der Waals surface area contributed by atoms with Crippen LogP contribution >= 0.6 is 0 Å². The fraction of sp³-hybridized carbons (Fsp3) is 1.00. The van der Waals surface area contributed by atoms with Crippen molar-refractivity contribution in [2.45, 2.75) is 173 Å². The molecule has 2 saturated carbocycles. The Morgan fingerprint density at radius 1 is 0.622 bits per heavy atom. The Balaban J connectivity index is 1.60. The lowest BCUT2D eigenvalue weighted by Crippen LogP contribution is -2.70. The Bertz CT molecular complexity index is 577. The monoisotopic (exact) mass is 517 g/mol. The van der Waals surface area contributed by atoms with E-state index in [1.165, 1.54) is 142 Å².